The monoisotopic (exact) mass is 213 g/mol. The van der Waals surface area contributed by atoms with Crippen LogP contribution >= 0.6 is 23.2 Å². The highest BCUT2D eigenvalue weighted by Crippen LogP contribution is 2.22. The highest BCUT2D eigenvalue weighted by Gasteiger charge is 2.06. The number of Topliss-reactive ketones (excluding diaryl/α,β-unsaturated/α-hetero) is 1. The Hall–Kier alpha value is -1.04. The molecule has 1 rings (SSSR count). The van der Waals surface area contributed by atoms with Gasteiger partial charge in [0.1, 0.15) is 0 Å². The van der Waals surface area contributed by atoms with Crippen LogP contribution in [0.2, 0.25) is 10.0 Å². The Balaban J connectivity index is 2.98. The van der Waals surface area contributed by atoms with E-state index in [1.807, 2.05) is 0 Å². The maximum Gasteiger partial charge on any atom is 0.176 e. The van der Waals surface area contributed by atoms with Gasteiger partial charge in [0, 0.05) is 5.56 Å². The van der Waals surface area contributed by atoms with Crippen molar-refractivity contribution in [3.63, 3.8) is 0 Å². The molecule has 0 bridgehead atoms. The van der Waals surface area contributed by atoms with Crippen molar-refractivity contribution >= 4 is 29.0 Å². The lowest BCUT2D eigenvalue weighted by Gasteiger charge is -1.98. The zero-order chi connectivity index (χ0) is 9.84. The predicted molar refractivity (Wildman–Crippen MR) is 51.0 cm³/mol. The first-order chi connectivity index (χ1) is 6.15. The van der Waals surface area contributed by atoms with Gasteiger partial charge in [-0.15, -0.1) is 0 Å². The summed E-state index contributed by atoms with van der Waals surface area (Å²) in [4.78, 5) is 11.2. The van der Waals surface area contributed by atoms with E-state index in [4.69, 9.17) is 28.5 Å². The minimum absolute atomic E-state index is 0.141. The molecule has 2 nitrogen and oxygen atoms in total. The van der Waals surface area contributed by atoms with Crippen molar-refractivity contribution in [3.8, 4) is 6.07 Å². The standard InChI is InChI=1S/C9H5Cl2NO/c10-7-2-1-6(5-8(7)11)9(13)3-4-12/h1-2,5H,3H2. The van der Waals surface area contributed by atoms with Crippen molar-refractivity contribution in [2.45, 2.75) is 6.42 Å². The van der Waals surface area contributed by atoms with Crippen LogP contribution in [0.15, 0.2) is 18.2 Å². The third kappa shape index (κ3) is 2.45. The Labute approximate surface area is 85.7 Å². The van der Waals surface area contributed by atoms with E-state index >= 15 is 0 Å². The normalized spacial score (nSPS) is 9.31. The second-order valence-corrected chi connectivity index (χ2v) is 3.20. The number of hydrogen-bond donors (Lipinski definition) is 0. The van der Waals surface area contributed by atoms with E-state index in [1.54, 1.807) is 12.1 Å². The highest BCUT2D eigenvalue weighted by atomic mass is 35.5. The van der Waals surface area contributed by atoms with Crippen LogP contribution in [-0.2, 0) is 0 Å². The van der Waals surface area contributed by atoms with Gasteiger partial charge in [0.2, 0.25) is 0 Å². The number of nitriles is 1. The first-order valence-electron chi connectivity index (χ1n) is 3.50. The van der Waals surface area contributed by atoms with Crippen LogP contribution < -0.4 is 0 Å². The molecule has 4 heteroatoms. The Morgan fingerprint density at radius 3 is 2.62 bits per heavy atom. The van der Waals surface area contributed by atoms with Gasteiger partial charge in [-0.1, -0.05) is 23.2 Å². The Kier molecular flexibility index (Phi) is 3.30. The Bertz CT molecular complexity index is 382. The average molecular weight is 214 g/mol. The summed E-state index contributed by atoms with van der Waals surface area (Å²) in [6.45, 7) is 0. The lowest BCUT2D eigenvalue weighted by Crippen LogP contribution is -1.96. The molecule has 0 fully saturated rings. The number of hydrogen-bond acceptors (Lipinski definition) is 2. The van der Waals surface area contributed by atoms with Crippen LogP contribution in [0.25, 0.3) is 0 Å². The van der Waals surface area contributed by atoms with Gasteiger partial charge in [-0.3, -0.25) is 4.79 Å². The molecular weight excluding hydrogens is 209 g/mol. The summed E-state index contributed by atoms with van der Waals surface area (Å²) in [5, 5.41) is 9.01. The van der Waals surface area contributed by atoms with Gasteiger partial charge in [-0.2, -0.15) is 5.26 Å². The van der Waals surface area contributed by atoms with E-state index in [1.165, 1.54) is 12.1 Å². The molecule has 0 N–H and O–H groups in total. The molecule has 0 aliphatic heterocycles. The molecule has 0 saturated carbocycles. The molecule has 1 aromatic carbocycles. The van der Waals surface area contributed by atoms with E-state index < -0.39 is 0 Å². The molecule has 0 spiro atoms. The van der Waals surface area contributed by atoms with Crippen molar-refractivity contribution in [1.82, 2.24) is 0 Å². The van der Waals surface area contributed by atoms with Gasteiger partial charge in [0.05, 0.1) is 22.5 Å². The SMILES string of the molecule is N#CCC(=O)c1ccc(Cl)c(Cl)c1. The second-order valence-electron chi connectivity index (χ2n) is 2.39. The van der Waals surface area contributed by atoms with Crippen molar-refractivity contribution in [1.29, 1.82) is 5.26 Å². The topological polar surface area (TPSA) is 40.9 Å². The van der Waals surface area contributed by atoms with Gasteiger partial charge in [-0.25, -0.2) is 0 Å². The summed E-state index contributed by atoms with van der Waals surface area (Å²) in [5.74, 6) is -0.249. The van der Waals surface area contributed by atoms with E-state index in [2.05, 4.69) is 0 Å². The maximum absolute atomic E-state index is 11.2. The van der Waals surface area contributed by atoms with E-state index in [-0.39, 0.29) is 12.2 Å². The fourth-order valence-electron chi connectivity index (χ4n) is 0.843. The van der Waals surface area contributed by atoms with Crippen molar-refractivity contribution < 1.29 is 4.79 Å². The zero-order valence-electron chi connectivity index (χ0n) is 6.55. The zero-order valence-corrected chi connectivity index (χ0v) is 8.06. The summed E-state index contributed by atoms with van der Waals surface area (Å²) in [7, 11) is 0. The molecule has 13 heavy (non-hydrogen) atoms. The van der Waals surface area contributed by atoms with Crippen LogP contribution in [0, 0.1) is 11.3 Å². The van der Waals surface area contributed by atoms with Gasteiger partial charge in [0.15, 0.2) is 5.78 Å². The summed E-state index contributed by atoms with van der Waals surface area (Å²) in [6.07, 6.45) is -0.141. The van der Waals surface area contributed by atoms with Crippen LogP contribution in [0.4, 0.5) is 0 Å². The van der Waals surface area contributed by atoms with Crippen LogP contribution in [0.1, 0.15) is 16.8 Å². The van der Waals surface area contributed by atoms with E-state index in [0.717, 1.165) is 0 Å². The second kappa shape index (κ2) is 4.27. The van der Waals surface area contributed by atoms with Crippen molar-refractivity contribution in [3.05, 3.63) is 33.8 Å². The molecular formula is C9H5Cl2NO. The van der Waals surface area contributed by atoms with Crippen molar-refractivity contribution in [2.75, 3.05) is 0 Å². The van der Waals surface area contributed by atoms with E-state index in [0.29, 0.717) is 15.6 Å². The molecule has 0 aliphatic rings. The number of carbonyl (C=O) groups excluding carboxylic acids is 1. The summed E-state index contributed by atoms with van der Waals surface area (Å²) in [6, 6.07) is 6.32. The lowest BCUT2D eigenvalue weighted by molar-refractivity contribution is 0.0998. The van der Waals surface area contributed by atoms with Crippen LogP contribution in [0.3, 0.4) is 0 Å². The number of rotatable bonds is 2. The Morgan fingerprint density at radius 2 is 2.08 bits per heavy atom. The van der Waals surface area contributed by atoms with Gasteiger partial charge in [0.25, 0.3) is 0 Å². The summed E-state index contributed by atoms with van der Waals surface area (Å²) in [5.41, 5.74) is 0.413. The molecule has 0 heterocycles. The molecule has 0 aliphatic carbocycles. The average Bonchev–Trinajstić information content (AvgIpc) is 2.10. The quantitative estimate of drug-likeness (QED) is 0.709. The third-order valence-electron chi connectivity index (χ3n) is 1.48. The fraction of sp³-hybridized carbons (Fsp3) is 0.111. The van der Waals surface area contributed by atoms with Gasteiger partial charge >= 0.3 is 0 Å². The number of nitrogens with zero attached hydrogens (tertiary/aromatic N) is 1. The molecule has 0 radical (unpaired) electrons. The molecule has 1 aromatic rings. The number of carbonyl (C=O) groups is 1. The number of benzene rings is 1. The minimum Gasteiger partial charge on any atom is -0.293 e. The molecule has 66 valence electrons. The molecule has 0 aromatic heterocycles. The first-order valence-corrected chi connectivity index (χ1v) is 4.26. The number of halogens is 2. The minimum atomic E-state index is -0.249. The summed E-state index contributed by atoms with van der Waals surface area (Å²) >= 11 is 11.3. The van der Waals surface area contributed by atoms with Crippen molar-refractivity contribution in [2.24, 2.45) is 0 Å². The van der Waals surface area contributed by atoms with Gasteiger partial charge in [-0.05, 0) is 18.2 Å². The molecule has 0 saturated heterocycles. The van der Waals surface area contributed by atoms with Crippen LogP contribution in [0.5, 0.6) is 0 Å². The first kappa shape index (κ1) is 10.0. The number of ketones is 1. The van der Waals surface area contributed by atoms with Gasteiger partial charge < -0.3 is 0 Å². The maximum atomic E-state index is 11.2. The largest absolute Gasteiger partial charge is 0.293 e. The molecule has 0 unspecified atom stereocenters. The highest BCUT2D eigenvalue weighted by molar-refractivity contribution is 6.42. The lowest BCUT2D eigenvalue weighted by atomic mass is 10.1. The van der Waals surface area contributed by atoms with Crippen LogP contribution in [-0.4, -0.2) is 5.78 Å². The summed E-state index contributed by atoms with van der Waals surface area (Å²) < 4.78 is 0. The fourth-order valence-corrected chi connectivity index (χ4v) is 1.14. The molecule has 0 amide bonds. The van der Waals surface area contributed by atoms with E-state index in [9.17, 15) is 4.79 Å². The third-order valence-corrected chi connectivity index (χ3v) is 2.22. The Morgan fingerprint density at radius 1 is 1.38 bits per heavy atom. The smallest absolute Gasteiger partial charge is 0.176 e. The predicted octanol–water partition coefficient (Wildman–Crippen LogP) is 3.09. The molecule has 0 atom stereocenters.